The van der Waals surface area contributed by atoms with E-state index in [1.165, 1.54) is 0 Å². The fourth-order valence-electron chi connectivity index (χ4n) is 2.21. The topological polar surface area (TPSA) is 18.5 Å². The van der Waals surface area contributed by atoms with Crippen molar-refractivity contribution in [3.05, 3.63) is 0 Å². The summed E-state index contributed by atoms with van der Waals surface area (Å²) >= 11 is 0. The number of rotatable bonds is 7. The van der Waals surface area contributed by atoms with Crippen molar-refractivity contribution < 1.29 is 22.6 Å². The molecule has 0 aliphatic heterocycles. The molecule has 0 radical (unpaired) electrons. The minimum atomic E-state index is -4.03. The van der Waals surface area contributed by atoms with Crippen LogP contribution in [0, 0.1) is 5.92 Å². The Morgan fingerprint density at radius 1 is 1.00 bits per heavy atom. The summed E-state index contributed by atoms with van der Waals surface area (Å²) in [5, 5.41) is 0. The average molecular weight is 268 g/mol. The second kappa shape index (κ2) is 8.00. The lowest BCUT2D eigenvalue weighted by Crippen LogP contribution is -2.30. The van der Waals surface area contributed by atoms with E-state index in [0.717, 1.165) is 19.4 Å². The van der Waals surface area contributed by atoms with Crippen LogP contribution in [-0.2, 0) is 9.47 Å². The monoisotopic (exact) mass is 268 g/mol. The molecule has 0 aromatic carbocycles. The molecule has 0 amide bonds. The van der Waals surface area contributed by atoms with Gasteiger partial charge in [0, 0.05) is 19.8 Å². The summed E-state index contributed by atoms with van der Waals surface area (Å²) in [6.07, 6.45) is -0.726. The Kier molecular flexibility index (Phi) is 7.00. The third-order valence-electron chi connectivity index (χ3n) is 3.27. The van der Waals surface area contributed by atoms with E-state index in [2.05, 4.69) is 6.92 Å². The molecular formula is C13H23F3O2. The zero-order valence-electron chi connectivity index (χ0n) is 11.0. The third kappa shape index (κ3) is 6.05. The van der Waals surface area contributed by atoms with Crippen molar-refractivity contribution in [3.63, 3.8) is 0 Å². The second-order valence-electron chi connectivity index (χ2n) is 4.85. The van der Waals surface area contributed by atoms with E-state index in [4.69, 9.17) is 9.47 Å². The smallest absolute Gasteiger partial charge is 0.381 e. The third-order valence-corrected chi connectivity index (χ3v) is 3.27. The number of halogens is 3. The first-order valence-corrected chi connectivity index (χ1v) is 6.80. The van der Waals surface area contributed by atoms with Gasteiger partial charge in [-0.2, -0.15) is 13.2 Å². The lowest BCUT2D eigenvalue weighted by Gasteiger charge is -2.29. The first-order chi connectivity index (χ1) is 8.54. The van der Waals surface area contributed by atoms with Crippen LogP contribution in [0.3, 0.4) is 0 Å². The van der Waals surface area contributed by atoms with Gasteiger partial charge in [0.15, 0.2) is 0 Å². The second-order valence-corrected chi connectivity index (χ2v) is 4.85. The average Bonchev–Trinajstić information content (AvgIpc) is 2.33. The first-order valence-electron chi connectivity index (χ1n) is 6.80. The number of alkyl halides is 3. The van der Waals surface area contributed by atoms with Crippen molar-refractivity contribution in [2.75, 3.05) is 19.8 Å². The lowest BCUT2D eigenvalue weighted by atomic mass is 9.87. The van der Waals surface area contributed by atoms with Gasteiger partial charge in [-0.15, -0.1) is 0 Å². The molecule has 5 heteroatoms. The van der Waals surface area contributed by atoms with Crippen LogP contribution < -0.4 is 0 Å². The maximum absolute atomic E-state index is 12.4. The van der Waals surface area contributed by atoms with Crippen molar-refractivity contribution in [1.82, 2.24) is 0 Å². The molecule has 0 heterocycles. The van der Waals surface area contributed by atoms with Crippen LogP contribution in [0.2, 0.25) is 0 Å². The maximum Gasteiger partial charge on any atom is 0.391 e. The van der Waals surface area contributed by atoms with Gasteiger partial charge in [-0.05, 0) is 38.5 Å². The molecule has 0 bridgehead atoms. The van der Waals surface area contributed by atoms with Crippen molar-refractivity contribution in [2.24, 2.45) is 5.92 Å². The Morgan fingerprint density at radius 2 is 1.67 bits per heavy atom. The van der Waals surface area contributed by atoms with E-state index in [-0.39, 0.29) is 18.9 Å². The van der Waals surface area contributed by atoms with Gasteiger partial charge in [-0.3, -0.25) is 0 Å². The molecule has 0 saturated heterocycles. The Bertz CT molecular complexity index is 211. The number of hydrogen-bond donors (Lipinski definition) is 0. The fraction of sp³-hybridized carbons (Fsp3) is 1.00. The zero-order chi connectivity index (χ0) is 13.4. The minimum absolute atomic E-state index is 0.00905. The summed E-state index contributed by atoms with van der Waals surface area (Å²) < 4.78 is 48.2. The predicted molar refractivity (Wildman–Crippen MR) is 63.5 cm³/mol. The van der Waals surface area contributed by atoms with Crippen molar-refractivity contribution in [1.29, 1.82) is 0 Å². The molecule has 0 N–H and O–H groups in total. The quantitative estimate of drug-likeness (QED) is 0.651. The van der Waals surface area contributed by atoms with E-state index in [9.17, 15) is 13.2 Å². The molecule has 0 unspecified atom stereocenters. The summed E-state index contributed by atoms with van der Waals surface area (Å²) in [6.45, 7) is 4.07. The SMILES string of the molecule is CCCOCCCOC1CCC(C(F)(F)F)CC1. The van der Waals surface area contributed by atoms with Crippen LogP contribution in [0.4, 0.5) is 13.2 Å². The van der Waals surface area contributed by atoms with Gasteiger partial charge in [-0.1, -0.05) is 6.92 Å². The van der Waals surface area contributed by atoms with Crippen molar-refractivity contribution in [3.8, 4) is 0 Å². The molecular weight excluding hydrogens is 245 g/mol. The highest BCUT2D eigenvalue weighted by Crippen LogP contribution is 2.38. The highest BCUT2D eigenvalue weighted by Gasteiger charge is 2.41. The van der Waals surface area contributed by atoms with Gasteiger partial charge < -0.3 is 9.47 Å². The van der Waals surface area contributed by atoms with E-state index >= 15 is 0 Å². The van der Waals surface area contributed by atoms with Gasteiger partial charge in [0.05, 0.1) is 12.0 Å². The number of hydrogen-bond acceptors (Lipinski definition) is 2. The van der Waals surface area contributed by atoms with E-state index < -0.39 is 12.1 Å². The molecule has 1 rings (SSSR count). The molecule has 18 heavy (non-hydrogen) atoms. The Morgan fingerprint density at radius 3 is 2.22 bits per heavy atom. The van der Waals surface area contributed by atoms with Gasteiger partial charge in [0.1, 0.15) is 0 Å². The standard InChI is InChI=1S/C13H23F3O2/c1-2-8-17-9-3-10-18-12-6-4-11(5-7-12)13(14,15)16/h11-12H,2-10H2,1H3. The maximum atomic E-state index is 12.4. The fourth-order valence-corrected chi connectivity index (χ4v) is 2.21. The molecule has 0 aromatic rings. The summed E-state index contributed by atoms with van der Waals surface area (Å²) in [7, 11) is 0. The van der Waals surface area contributed by atoms with Gasteiger partial charge in [0.2, 0.25) is 0 Å². The van der Waals surface area contributed by atoms with Gasteiger partial charge in [0.25, 0.3) is 0 Å². The molecule has 0 spiro atoms. The summed E-state index contributed by atoms with van der Waals surface area (Å²) in [5.41, 5.74) is 0. The van der Waals surface area contributed by atoms with Crippen LogP contribution in [-0.4, -0.2) is 32.1 Å². The van der Waals surface area contributed by atoms with Gasteiger partial charge >= 0.3 is 6.18 Å². The molecule has 1 aliphatic rings. The molecule has 0 atom stereocenters. The highest BCUT2D eigenvalue weighted by atomic mass is 19.4. The van der Waals surface area contributed by atoms with E-state index in [1.54, 1.807) is 0 Å². The molecule has 1 saturated carbocycles. The Labute approximate surface area is 107 Å². The van der Waals surface area contributed by atoms with Crippen LogP contribution in [0.1, 0.15) is 45.4 Å². The van der Waals surface area contributed by atoms with Crippen molar-refractivity contribution in [2.45, 2.75) is 57.7 Å². The van der Waals surface area contributed by atoms with Crippen LogP contribution in [0.25, 0.3) is 0 Å². The van der Waals surface area contributed by atoms with E-state index in [1.807, 2.05) is 0 Å². The highest BCUT2D eigenvalue weighted by molar-refractivity contribution is 4.77. The van der Waals surface area contributed by atoms with Crippen LogP contribution in [0.5, 0.6) is 0 Å². The molecule has 2 nitrogen and oxygen atoms in total. The summed E-state index contributed by atoms with van der Waals surface area (Å²) in [6, 6.07) is 0. The summed E-state index contributed by atoms with van der Waals surface area (Å²) in [5.74, 6) is -1.12. The normalized spacial score (nSPS) is 25.3. The first kappa shape index (κ1) is 15.8. The summed E-state index contributed by atoms with van der Waals surface area (Å²) in [4.78, 5) is 0. The molecule has 1 fully saturated rings. The molecule has 0 aromatic heterocycles. The Hall–Kier alpha value is -0.290. The predicted octanol–water partition coefficient (Wildman–Crippen LogP) is 3.94. The van der Waals surface area contributed by atoms with Crippen LogP contribution >= 0.6 is 0 Å². The largest absolute Gasteiger partial charge is 0.391 e. The van der Waals surface area contributed by atoms with Crippen molar-refractivity contribution >= 4 is 0 Å². The van der Waals surface area contributed by atoms with Crippen LogP contribution in [0.15, 0.2) is 0 Å². The minimum Gasteiger partial charge on any atom is -0.381 e. The molecule has 1 aliphatic carbocycles. The molecule has 108 valence electrons. The Balaban J connectivity index is 2.02. The zero-order valence-corrected chi connectivity index (χ0v) is 11.0. The van der Waals surface area contributed by atoms with Gasteiger partial charge in [-0.25, -0.2) is 0 Å². The lowest BCUT2D eigenvalue weighted by molar-refractivity contribution is -0.187. The number of ether oxygens (including phenoxy) is 2. The van der Waals surface area contributed by atoms with E-state index in [0.29, 0.717) is 26.1 Å².